The van der Waals surface area contributed by atoms with Gasteiger partial charge in [0, 0.05) is 6.07 Å². The Morgan fingerprint density at radius 1 is 1.02 bits per heavy atom. The third-order valence-corrected chi connectivity index (χ3v) is 7.91. The number of sulfonamides is 1. The number of ether oxygens (including phenoxy) is 4. The lowest BCUT2D eigenvalue weighted by Gasteiger charge is -2.25. The maximum Gasteiger partial charge on any atom is 0.264 e. The average Bonchev–Trinajstić information content (AvgIpc) is 2.94. The van der Waals surface area contributed by atoms with Crippen LogP contribution in [0.5, 0.6) is 23.0 Å². The van der Waals surface area contributed by atoms with Gasteiger partial charge in [-0.2, -0.15) is 5.10 Å². The van der Waals surface area contributed by atoms with E-state index in [0.29, 0.717) is 33.9 Å². The zero-order valence-corrected chi connectivity index (χ0v) is 24.9. The summed E-state index contributed by atoms with van der Waals surface area (Å²) in [5.41, 5.74) is 4.00. The largest absolute Gasteiger partial charge is 0.497 e. The van der Waals surface area contributed by atoms with Crippen molar-refractivity contribution in [2.45, 2.75) is 11.8 Å². The number of hydrogen-bond donors (Lipinski definition) is 1. The maximum absolute atomic E-state index is 13.7. The molecule has 0 saturated carbocycles. The predicted molar refractivity (Wildman–Crippen MR) is 157 cm³/mol. The van der Waals surface area contributed by atoms with Crippen molar-refractivity contribution in [3.8, 4) is 23.0 Å². The Balaban J connectivity index is 1.90. The molecule has 0 aliphatic rings. The van der Waals surface area contributed by atoms with E-state index in [1.165, 1.54) is 45.7 Å². The lowest BCUT2D eigenvalue weighted by atomic mass is 10.2. The van der Waals surface area contributed by atoms with Gasteiger partial charge >= 0.3 is 0 Å². The first kappa shape index (κ1) is 30.5. The lowest BCUT2D eigenvalue weighted by Crippen LogP contribution is -2.39. The highest BCUT2D eigenvalue weighted by atomic mass is 79.9. The van der Waals surface area contributed by atoms with Gasteiger partial charge in [-0.25, -0.2) is 13.8 Å². The van der Waals surface area contributed by atoms with Crippen LogP contribution in [0.1, 0.15) is 11.1 Å². The molecular weight excluding hydrogens is 602 g/mol. The monoisotopic (exact) mass is 631 g/mol. The first-order chi connectivity index (χ1) is 19.1. The van der Waals surface area contributed by atoms with E-state index < -0.39 is 22.5 Å². The second kappa shape index (κ2) is 13.9. The number of nitrogens with zero attached hydrogens (tertiary/aromatic N) is 2. The summed E-state index contributed by atoms with van der Waals surface area (Å²) in [4.78, 5) is 13.0. The SMILES string of the molecule is C=CCOc1c(Br)cc(/C=N\NC(=O)CN(c2cc(OC)ccc2OC)S(=O)(=O)c2ccc(C)cc2)cc1OC. The molecule has 212 valence electrons. The van der Waals surface area contributed by atoms with Crippen LogP contribution < -0.4 is 28.7 Å². The normalized spacial score (nSPS) is 11.1. The summed E-state index contributed by atoms with van der Waals surface area (Å²) >= 11 is 3.44. The van der Waals surface area contributed by atoms with Crippen LogP contribution in [0, 0.1) is 6.92 Å². The van der Waals surface area contributed by atoms with Crippen molar-refractivity contribution in [3.05, 3.63) is 82.9 Å². The third kappa shape index (κ3) is 7.33. The van der Waals surface area contributed by atoms with Crippen LogP contribution in [0.4, 0.5) is 5.69 Å². The lowest BCUT2D eigenvalue weighted by molar-refractivity contribution is -0.119. The number of benzene rings is 3. The minimum Gasteiger partial charge on any atom is -0.497 e. The average molecular weight is 633 g/mol. The highest BCUT2D eigenvalue weighted by Gasteiger charge is 2.30. The summed E-state index contributed by atoms with van der Waals surface area (Å²) in [6, 6.07) is 14.4. The zero-order chi connectivity index (χ0) is 29.3. The molecule has 0 unspecified atom stereocenters. The molecule has 10 nitrogen and oxygen atoms in total. The molecule has 0 bridgehead atoms. The van der Waals surface area contributed by atoms with Gasteiger partial charge in [0.15, 0.2) is 11.5 Å². The fourth-order valence-corrected chi connectivity index (χ4v) is 5.57. The van der Waals surface area contributed by atoms with Crippen molar-refractivity contribution in [1.29, 1.82) is 0 Å². The van der Waals surface area contributed by atoms with Crippen molar-refractivity contribution in [1.82, 2.24) is 5.43 Å². The van der Waals surface area contributed by atoms with E-state index in [1.54, 1.807) is 42.5 Å². The van der Waals surface area contributed by atoms with Crippen molar-refractivity contribution < 1.29 is 32.2 Å². The van der Waals surface area contributed by atoms with Gasteiger partial charge in [0.25, 0.3) is 15.9 Å². The highest BCUT2D eigenvalue weighted by Crippen LogP contribution is 2.37. The van der Waals surface area contributed by atoms with E-state index in [0.717, 1.165) is 9.87 Å². The van der Waals surface area contributed by atoms with Crippen LogP contribution in [-0.2, 0) is 14.8 Å². The van der Waals surface area contributed by atoms with Gasteiger partial charge in [-0.15, -0.1) is 0 Å². The first-order valence-electron chi connectivity index (χ1n) is 11.9. The van der Waals surface area contributed by atoms with Gasteiger partial charge in [-0.1, -0.05) is 30.4 Å². The van der Waals surface area contributed by atoms with Gasteiger partial charge in [0.2, 0.25) is 0 Å². The van der Waals surface area contributed by atoms with E-state index in [9.17, 15) is 13.2 Å². The summed E-state index contributed by atoms with van der Waals surface area (Å²) in [7, 11) is 0.180. The Bertz CT molecular complexity index is 1490. The molecule has 0 aromatic heterocycles. The van der Waals surface area contributed by atoms with Crippen LogP contribution in [0.3, 0.4) is 0 Å². The van der Waals surface area contributed by atoms with Gasteiger partial charge in [-0.3, -0.25) is 9.10 Å². The Kier molecular flexibility index (Phi) is 10.6. The van der Waals surface area contributed by atoms with E-state index in [1.807, 2.05) is 6.92 Å². The summed E-state index contributed by atoms with van der Waals surface area (Å²) in [6.45, 7) is 5.19. The smallest absolute Gasteiger partial charge is 0.264 e. The zero-order valence-electron chi connectivity index (χ0n) is 22.5. The molecule has 40 heavy (non-hydrogen) atoms. The van der Waals surface area contributed by atoms with Crippen LogP contribution >= 0.6 is 15.9 Å². The summed E-state index contributed by atoms with van der Waals surface area (Å²) in [5, 5.41) is 4.00. The van der Waals surface area contributed by atoms with Crippen LogP contribution in [-0.4, -0.2) is 55.0 Å². The van der Waals surface area contributed by atoms with Crippen molar-refractivity contribution >= 4 is 43.8 Å². The molecule has 1 amide bonds. The van der Waals surface area contributed by atoms with Crippen LogP contribution in [0.25, 0.3) is 0 Å². The number of methoxy groups -OCH3 is 3. The fraction of sp³-hybridized carbons (Fsp3) is 0.214. The molecule has 0 aliphatic heterocycles. The van der Waals surface area contributed by atoms with Crippen molar-refractivity contribution in [3.63, 3.8) is 0 Å². The number of halogens is 1. The Labute approximate surface area is 242 Å². The molecule has 0 radical (unpaired) electrons. The number of anilines is 1. The molecule has 3 aromatic carbocycles. The first-order valence-corrected chi connectivity index (χ1v) is 14.1. The van der Waals surface area contributed by atoms with E-state index >= 15 is 0 Å². The van der Waals surface area contributed by atoms with Gasteiger partial charge in [0.05, 0.1) is 42.6 Å². The van der Waals surface area contributed by atoms with Crippen LogP contribution in [0.2, 0.25) is 0 Å². The van der Waals surface area contributed by atoms with Gasteiger partial charge < -0.3 is 18.9 Å². The number of amides is 1. The maximum atomic E-state index is 13.7. The van der Waals surface area contributed by atoms with E-state index in [2.05, 4.69) is 33.0 Å². The molecule has 0 heterocycles. The molecule has 12 heteroatoms. The number of aryl methyl sites for hydroxylation is 1. The second-order valence-electron chi connectivity index (χ2n) is 8.29. The molecule has 1 N–H and O–H groups in total. The van der Waals surface area contributed by atoms with Gasteiger partial charge in [0.1, 0.15) is 24.7 Å². The predicted octanol–water partition coefficient (Wildman–Crippen LogP) is 4.69. The number of hydrogen-bond acceptors (Lipinski definition) is 8. The van der Waals surface area contributed by atoms with E-state index in [4.69, 9.17) is 18.9 Å². The standard InChI is InChI=1S/C28H30BrN3O7S/c1-6-13-39-28-23(29)14-20(15-26(28)38-5)17-30-31-27(33)18-32(24-16-21(36-3)9-12-25(24)37-4)40(34,35)22-10-7-19(2)8-11-22/h6-12,14-17H,1,13,18H2,2-5H3,(H,31,33)/b30-17-. The molecule has 3 rings (SSSR count). The number of rotatable bonds is 13. The molecule has 0 saturated heterocycles. The number of nitrogens with one attached hydrogen (secondary N) is 1. The van der Waals surface area contributed by atoms with Gasteiger partial charge in [-0.05, 0) is 64.8 Å². The topological polar surface area (TPSA) is 116 Å². The number of carbonyl (C=O) groups is 1. The number of hydrazone groups is 1. The summed E-state index contributed by atoms with van der Waals surface area (Å²) < 4.78 is 50.7. The molecule has 0 aliphatic carbocycles. The Morgan fingerprint density at radius 3 is 2.35 bits per heavy atom. The minimum atomic E-state index is -4.19. The summed E-state index contributed by atoms with van der Waals surface area (Å²) in [5.74, 6) is 0.882. The summed E-state index contributed by atoms with van der Waals surface area (Å²) in [6.07, 6.45) is 3.01. The fourth-order valence-electron chi connectivity index (χ4n) is 3.57. The molecule has 3 aromatic rings. The second-order valence-corrected chi connectivity index (χ2v) is 11.0. The quantitative estimate of drug-likeness (QED) is 0.165. The Hall–Kier alpha value is -4.03. The van der Waals surface area contributed by atoms with E-state index in [-0.39, 0.29) is 16.3 Å². The molecular formula is C28H30BrN3O7S. The Morgan fingerprint density at radius 2 is 1.73 bits per heavy atom. The highest BCUT2D eigenvalue weighted by molar-refractivity contribution is 9.10. The van der Waals surface area contributed by atoms with Crippen molar-refractivity contribution in [2.75, 3.05) is 38.8 Å². The molecule has 0 spiro atoms. The molecule has 0 fully saturated rings. The third-order valence-electron chi connectivity index (χ3n) is 5.55. The number of carbonyl (C=O) groups excluding carboxylic acids is 1. The van der Waals surface area contributed by atoms with Crippen LogP contribution in [0.15, 0.2) is 81.7 Å². The van der Waals surface area contributed by atoms with Crippen molar-refractivity contribution in [2.24, 2.45) is 5.10 Å². The minimum absolute atomic E-state index is 0.00924. The molecule has 0 atom stereocenters.